The second kappa shape index (κ2) is 8.57. The number of carbonyl (C=O) groups excluding carboxylic acids is 1. The molecule has 0 aliphatic heterocycles. The number of benzene rings is 1. The molecule has 25 heavy (non-hydrogen) atoms. The second-order valence-electron chi connectivity index (χ2n) is 5.18. The van der Waals surface area contributed by atoms with Gasteiger partial charge >= 0.3 is 6.01 Å². The molecule has 0 amide bonds. The smallest absolute Gasteiger partial charge is 0.320 e. The van der Waals surface area contributed by atoms with Gasteiger partial charge in [0.05, 0.1) is 13.2 Å². The van der Waals surface area contributed by atoms with Crippen molar-refractivity contribution in [2.45, 2.75) is 27.3 Å². The maximum Gasteiger partial charge on any atom is 0.320 e. The van der Waals surface area contributed by atoms with Crippen LogP contribution in [0, 0.1) is 6.92 Å². The quantitative estimate of drug-likeness (QED) is 0.528. The van der Waals surface area contributed by atoms with Gasteiger partial charge in [-0.25, -0.2) is 4.98 Å². The molecule has 7 nitrogen and oxygen atoms in total. The summed E-state index contributed by atoms with van der Waals surface area (Å²) in [6.45, 7) is 6.51. The van der Waals surface area contributed by atoms with Gasteiger partial charge in [0.15, 0.2) is 21.7 Å². The van der Waals surface area contributed by atoms with Crippen molar-refractivity contribution < 1.29 is 9.53 Å². The van der Waals surface area contributed by atoms with Crippen molar-refractivity contribution in [2.75, 3.05) is 12.3 Å². The predicted molar refractivity (Wildman–Crippen MR) is 101 cm³/mol. The summed E-state index contributed by atoms with van der Waals surface area (Å²) in [6.07, 6.45) is 0.750. The molecule has 0 saturated carbocycles. The molecule has 0 bridgehead atoms. The fourth-order valence-electron chi connectivity index (χ4n) is 2.18. The molecule has 2 aromatic heterocycles. The maximum atomic E-state index is 8.81. The Bertz CT molecular complexity index is 862. The average molecular weight is 406 g/mol. The molecule has 0 aliphatic carbocycles. The molecule has 0 radical (unpaired) electrons. The van der Waals surface area contributed by atoms with Crippen molar-refractivity contribution in [1.29, 1.82) is 0 Å². The predicted octanol–water partition coefficient (Wildman–Crippen LogP) is 3.13. The van der Waals surface area contributed by atoms with Crippen LogP contribution >= 0.6 is 15.9 Å². The van der Waals surface area contributed by atoms with Crippen LogP contribution in [0.1, 0.15) is 25.0 Å². The lowest BCUT2D eigenvalue weighted by molar-refractivity contribution is -0.106. The molecule has 0 unspecified atom stereocenters. The molecule has 2 heterocycles. The van der Waals surface area contributed by atoms with Crippen molar-refractivity contribution in [3.8, 4) is 6.01 Å². The lowest BCUT2D eigenvalue weighted by Crippen LogP contribution is -2.05. The van der Waals surface area contributed by atoms with Crippen LogP contribution in [0.25, 0.3) is 11.2 Å². The SMILES string of the molecule is CC=O.CCOc1nc(N)c2nc(Br)n(Cc3ccc(C)cc3)c2n1. The number of aryl methyl sites for hydroxylation is 1. The highest BCUT2D eigenvalue weighted by molar-refractivity contribution is 9.10. The third-order valence-electron chi connectivity index (χ3n) is 3.29. The molecule has 3 rings (SSSR count). The molecular weight excluding hydrogens is 386 g/mol. The summed E-state index contributed by atoms with van der Waals surface area (Å²) in [5.74, 6) is 0.316. The van der Waals surface area contributed by atoms with Crippen LogP contribution in [0.4, 0.5) is 5.82 Å². The Morgan fingerprint density at radius 3 is 2.48 bits per heavy atom. The summed E-state index contributed by atoms with van der Waals surface area (Å²) in [4.78, 5) is 21.7. The Hall–Kier alpha value is -2.48. The molecule has 0 saturated heterocycles. The van der Waals surface area contributed by atoms with Gasteiger partial charge in [-0.15, -0.1) is 0 Å². The molecule has 0 aliphatic rings. The van der Waals surface area contributed by atoms with Crippen LogP contribution in [0.5, 0.6) is 6.01 Å². The zero-order valence-corrected chi connectivity index (χ0v) is 15.9. The molecule has 0 atom stereocenters. The number of hydrogen-bond donors (Lipinski definition) is 1. The second-order valence-corrected chi connectivity index (χ2v) is 5.89. The van der Waals surface area contributed by atoms with Gasteiger partial charge in [-0.3, -0.25) is 4.57 Å². The molecule has 8 heteroatoms. The summed E-state index contributed by atoms with van der Waals surface area (Å²) in [6, 6.07) is 8.60. The number of imidazole rings is 1. The van der Waals surface area contributed by atoms with E-state index in [4.69, 9.17) is 15.3 Å². The average Bonchev–Trinajstić information content (AvgIpc) is 2.88. The van der Waals surface area contributed by atoms with Crippen LogP contribution < -0.4 is 10.5 Å². The number of nitrogen functional groups attached to an aromatic ring is 1. The third kappa shape index (κ3) is 4.54. The van der Waals surface area contributed by atoms with Gasteiger partial charge in [-0.1, -0.05) is 29.8 Å². The van der Waals surface area contributed by atoms with E-state index in [-0.39, 0.29) is 6.01 Å². The van der Waals surface area contributed by atoms with E-state index in [0.29, 0.717) is 34.9 Å². The van der Waals surface area contributed by atoms with E-state index in [9.17, 15) is 0 Å². The zero-order valence-electron chi connectivity index (χ0n) is 14.4. The van der Waals surface area contributed by atoms with E-state index in [2.05, 4.69) is 62.1 Å². The number of anilines is 1. The zero-order chi connectivity index (χ0) is 18.4. The van der Waals surface area contributed by atoms with E-state index >= 15 is 0 Å². The van der Waals surface area contributed by atoms with Gasteiger partial charge in [0, 0.05) is 0 Å². The van der Waals surface area contributed by atoms with E-state index in [0.717, 1.165) is 11.8 Å². The first-order chi connectivity index (χ1) is 12.0. The van der Waals surface area contributed by atoms with Crippen LogP contribution in [-0.2, 0) is 11.3 Å². The Balaban J connectivity index is 0.000000701. The maximum absolute atomic E-state index is 8.81. The largest absolute Gasteiger partial charge is 0.464 e. The minimum atomic E-state index is 0.269. The summed E-state index contributed by atoms with van der Waals surface area (Å²) < 4.78 is 7.98. The first-order valence-corrected chi connectivity index (χ1v) is 8.56. The topological polar surface area (TPSA) is 95.9 Å². The standard InChI is InChI=1S/C15H16BrN5O.C2H4O/c1-3-22-15-19-12(17)11-13(20-15)21(14(16)18-11)8-10-6-4-9(2)5-7-10;1-2-3/h4-7H,3,8H2,1-2H3,(H2,17,19,20);2H,1H3. The van der Waals surface area contributed by atoms with Gasteiger partial charge in [-0.2, -0.15) is 9.97 Å². The number of rotatable bonds is 4. The van der Waals surface area contributed by atoms with Crippen LogP contribution in [-0.4, -0.2) is 32.4 Å². The number of nitrogens with zero attached hydrogens (tertiary/aromatic N) is 4. The van der Waals surface area contributed by atoms with Crippen LogP contribution in [0.2, 0.25) is 0 Å². The molecule has 3 aromatic rings. The lowest BCUT2D eigenvalue weighted by atomic mass is 10.1. The number of fused-ring (bicyclic) bond motifs is 1. The summed E-state index contributed by atoms with van der Waals surface area (Å²) >= 11 is 3.47. The van der Waals surface area contributed by atoms with Gasteiger partial charge in [0.2, 0.25) is 0 Å². The van der Waals surface area contributed by atoms with Gasteiger partial charge < -0.3 is 15.3 Å². The van der Waals surface area contributed by atoms with Crippen molar-refractivity contribution in [3.05, 3.63) is 40.1 Å². The minimum absolute atomic E-state index is 0.269. The number of hydrogen-bond acceptors (Lipinski definition) is 6. The van der Waals surface area contributed by atoms with E-state index < -0.39 is 0 Å². The Morgan fingerprint density at radius 1 is 1.24 bits per heavy atom. The molecular formula is C17H20BrN5O2. The fourth-order valence-corrected chi connectivity index (χ4v) is 2.66. The normalized spacial score (nSPS) is 10.2. The highest BCUT2D eigenvalue weighted by atomic mass is 79.9. The molecule has 1 aromatic carbocycles. The number of halogens is 1. The third-order valence-corrected chi connectivity index (χ3v) is 3.89. The molecule has 2 N–H and O–H groups in total. The summed E-state index contributed by atoms with van der Waals surface area (Å²) in [7, 11) is 0. The molecule has 132 valence electrons. The Kier molecular flexibility index (Phi) is 6.46. The highest BCUT2D eigenvalue weighted by Crippen LogP contribution is 2.25. The van der Waals surface area contributed by atoms with E-state index in [1.165, 1.54) is 12.5 Å². The van der Waals surface area contributed by atoms with E-state index in [1.807, 2.05) is 11.5 Å². The van der Waals surface area contributed by atoms with Crippen molar-refractivity contribution in [2.24, 2.45) is 0 Å². The van der Waals surface area contributed by atoms with Gasteiger partial charge in [0.25, 0.3) is 0 Å². The number of aromatic nitrogens is 4. The van der Waals surface area contributed by atoms with Crippen molar-refractivity contribution in [1.82, 2.24) is 19.5 Å². The Labute approximate surface area is 154 Å². The van der Waals surface area contributed by atoms with E-state index in [1.54, 1.807) is 0 Å². The highest BCUT2D eigenvalue weighted by Gasteiger charge is 2.16. The molecule has 0 fully saturated rings. The fraction of sp³-hybridized carbons (Fsp3) is 0.294. The number of ether oxygens (including phenoxy) is 1. The first-order valence-electron chi connectivity index (χ1n) is 7.77. The molecule has 0 spiro atoms. The van der Waals surface area contributed by atoms with Crippen molar-refractivity contribution >= 4 is 39.2 Å². The van der Waals surface area contributed by atoms with Crippen molar-refractivity contribution in [3.63, 3.8) is 0 Å². The summed E-state index contributed by atoms with van der Waals surface area (Å²) in [5.41, 5.74) is 9.56. The van der Waals surface area contributed by atoms with Crippen LogP contribution in [0.15, 0.2) is 29.0 Å². The Morgan fingerprint density at radius 2 is 1.88 bits per heavy atom. The van der Waals surface area contributed by atoms with Gasteiger partial charge in [0.1, 0.15) is 6.29 Å². The monoisotopic (exact) mass is 405 g/mol. The number of nitrogens with two attached hydrogens (primary N) is 1. The number of aldehydes is 1. The minimum Gasteiger partial charge on any atom is -0.464 e. The van der Waals surface area contributed by atoms with Gasteiger partial charge in [-0.05, 0) is 42.3 Å². The van der Waals surface area contributed by atoms with Crippen LogP contribution in [0.3, 0.4) is 0 Å². The lowest BCUT2D eigenvalue weighted by Gasteiger charge is -2.07. The summed E-state index contributed by atoms with van der Waals surface area (Å²) in [5, 5.41) is 0. The first kappa shape index (κ1) is 18.9. The number of carbonyl (C=O) groups is 1.